The second-order valence-corrected chi connectivity index (χ2v) is 7.52. The van der Waals surface area contributed by atoms with Gasteiger partial charge in [0.2, 0.25) is 0 Å². The molecule has 4 aromatic carbocycles. The van der Waals surface area contributed by atoms with Gasteiger partial charge in [-0.2, -0.15) is 0 Å². The minimum atomic E-state index is 0.730. The Morgan fingerprint density at radius 1 is 0.645 bits per heavy atom. The van der Waals surface area contributed by atoms with Gasteiger partial charge in [-0.05, 0) is 64.1 Å². The van der Waals surface area contributed by atoms with Gasteiger partial charge in [-0.25, -0.2) is 0 Å². The summed E-state index contributed by atoms with van der Waals surface area (Å²) in [5.74, 6) is 0. The van der Waals surface area contributed by atoms with Gasteiger partial charge in [0, 0.05) is 11.4 Å². The summed E-state index contributed by atoms with van der Waals surface area (Å²) in [7, 11) is 0. The average Bonchev–Trinajstić information content (AvgIpc) is 2.83. The van der Waals surface area contributed by atoms with Gasteiger partial charge in [-0.1, -0.05) is 97.1 Å². The number of nitrogen functional groups attached to an aromatic ring is 1. The lowest BCUT2D eigenvalue weighted by Gasteiger charge is -2.09. The Morgan fingerprint density at radius 2 is 1.26 bits per heavy atom. The fraction of sp³-hybridized carbons (Fsp3) is 0.0345. The summed E-state index contributed by atoms with van der Waals surface area (Å²) in [6.45, 7) is 0. The molecular weight excluding hydrogens is 376 g/mol. The number of rotatable bonds is 6. The Kier molecular flexibility index (Phi) is 6.29. The molecule has 0 spiro atoms. The van der Waals surface area contributed by atoms with E-state index in [-0.39, 0.29) is 0 Å². The quantitative estimate of drug-likeness (QED) is 0.283. The SMILES string of the molecule is N/C(=C\C(=C/Cc1ccccc1)c1ccccc1)c1cccc(-c2cccc(N)c2)c1. The van der Waals surface area contributed by atoms with Gasteiger partial charge in [0.05, 0.1) is 0 Å². The molecule has 4 rings (SSSR count). The molecule has 4 N–H and O–H groups in total. The summed E-state index contributed by atoms with van der Waals surface area (Å²) >= 11 is 0. The molecule has 0 aliphatic heterocycles. The van der Waals surface area contributed by atoms with Crippen LogP contribution in [0.1, 0.15) is 16.7 Å². The maximum atomic E-state index is 6.57. The highest BCUT2D eigenvalue weighted by atomic mass is 14.6. The molecule has 152 valence electrons. The standard InChI is InChI=1S/C29H26N2/c30-28-16-8-14-25(20-28)24-13-7-15-27(19-24)29(31)21-26(23-11-5-2-6-12-23)18-17-22-9-3-1-4-10-22/h1-16,18-21H,17,30-31H2/b26-18+,29-21-. The van der Waals surface area contributed by atoms with Crippen LogP contribution >= 0.6 is 0 Å². The van der Waals surface area contributed by atoms with E-state index in [0.29, 0.717) is 0 Å². The van der Waals surface area contributed by atoms with Gasteiger partial charge < -0.3 is 11.5 Å². The summed E-state index contributed by atoms with van der Waals surface area (Å²) < 4.78 is 0. The van der Waals surface area contributed by atoms with Crippen molar-refractivity contribution in [2.24, 2.45) is 5.73 Å². The second-order valence-electron chi connectivity index (χ2n) is 7.52. The van der Waals surface area contributed by atoms with E-state index >= 15 is 0 Å². The fourth-order valence-corrected chi connectivity index (χ4v) is 3.58. The molecular formula is C29H26N2. The molecule has 0 amide bonds. The molecule has 0 aromatic heterocycles. The third kappa shape index (κ3) is 5.31. The Bertz CT molecular complexity index is 1210. The van der Waals surface area contributed by atoms with Gasteiger partial charge in [0.1, 0.15) is 0 Å². The molecule has 0 aliphatic carbocycles. The van der Waals surface area contributed by atoms with Gasteiger partial charge in [-0.15, -0.1) is 0 Å². The zero-order valence-corrected chi connectivity index (χ0v) is 17.4. The van der Waals surface area contributed by atoms with Crippen LogP contribution in [0, 0.1) is 0 Å². The monoisotopic (exact) mass is 402 g/mol. The van der Waals surface area contributed by atoms with Crippen LogP contribution in [0.3, 0.4) is 0 Å². The van der Waals surface area contributed by atoms with Crippen LogP contribution in [-0.4, -0.2) is 0 Å². The first-order valence-electron chi connectivity index (χ1n) is 10.4. The van der Waals surface area contributed by atoms with Gasteiger partial charge in [-0.3, -0.25) is 0 Å². The Labute approximate surface area is 184 Å². The molecule has 0 aliphatic rings. The van der Waals surface area contributed by atoms with Crippen molar-refractivity contribution in [2.75, 3.05) is 5.73 Å². The number of benzene rings is 4. The average molecular weight is 403 g/mol. The Balaban J connectivity index is 1.68. The van der Waals surface area contributed by atoms with Gasteiger partial charge in [0.15, 0.2) is 0 Å². The van der Waals surface area contributed by atoms with Crippen LogP contribution in [-0.2, 0) is 6.42 Å². The lowest BCUT2D eigenvalue weighted by Crippen LogP contribution is -1.98. The zero-order chi connectivity index (χ0) is 21.5. The molecule has 2 nitrogen and oxygen atoms in total. The lowest BCUT2D eigenvalue weighted by atomic mass is 9.98. The normalized spacial score (nSPS) is 12.0. The van der Waals surface area contributed by atoms with Crippen molar-refractivity contribution in [3.05, 3.63) is 138 Å². The predicted molar refractivity (Wildman–Crippen MR) is 133 cm³/mol. The fourth-order valence-electron chi connectivity index (χ4n) is 3.58. The van der Waals surface area contributed by atoms with E-state index in [0.717, 1.165) is 45.6 Å². The summed E-state index contributed by atoms with van der Waals surface area (Å²) in [4.78, 5) is 0. The number of anilines is 1. The van der Waals surface area contributed by atoms with Crippen LogP contribution in [0.2, 0.25) is 0 Å². The first kappa shape index (κ1) is 20.2. The highest BCUT2D eigenvalue weighted by Gasteiger charge is 2.05. The van der Waals surface area contributed by atoms with Crippen LogP contribution in [0.5, 0.6) is 0 Å². The molecule has 31 heavy (non-hydrogen) atoms. The van der Waals surface area contributed by atoms with Crippen molar-refractivity contribution >= 4 is 17.0 Å². The largest absolute Gasteiger partial charge is 0.399 e. The van der Waals surface area contributed by atoms with Crippen molar-refractivity contribution in [2.45, 2.75) is 6.42 Å². The maximum absolute atomic E-state index is 6.57. The Morgan fingerprint density at radius 3 is 1.97 bits per heavy atom. The molecule has 0 saturated carbocycles. The molecule has 4 aromatic rings. The highest BCUT2D eigenvalue weighted by molar-refractivity contribution is 5.84. The van der Waals surface area contributed by atoms with Gasteiger partial charge in [0.25, 0.3) is 0 Å². The number of nitrogens with two attached hydrogens (primary N) is 2. The van der Waals surface area contributed by atoms with Crippen LogP contribution in [0.15, 0.2) is 121 Å². The van der Waals surface area contributed by atoms with E-state index in [4.69, 9.17) is 11.5 Å². The van der Waals surface area contributed by atoms with E-state index in [9.17, 15) is 0 Å². The van der Waals surface area contributed by atoms with E-state index in [2.05, 4.69) is 78.9 Å². The first-order chi connectivity index (χ1) is 15.2. The Hall–Kier alpha value is -4.04. The van der Waals surface area contributed by atoms with Crippen LogP contribution in [0.25, 0.3) is 22.4 Å². The van der Waals surface area contributed by atoms with Crippen LogP contribution in [0.4, 0.5) is 5.69 Å². The van der Waals surface area contributed by atoms with Crippen molar-refractivity contribution < 1.29 is 0 Å². The molecule has 0 bridgehead atoms. The number of hydrogen-bond acceptors (Lipinski definition) is 2. The zero-order valence-electron chi connectivity index (χ0n) is 17.4. The van der Waals surface area contributed by atoms with Crippen LogP contribution < -0.4 is 11.5 Å². The molecule has 0 unspecified atom stereocenters. The smallest absolute Gasteiger partial charge is 0.0393 e. The van der Waals surface area contributed by atoms with Crippen molar-refractivity contribution in [3.63, 3.8) is 0 Å². The van der Waals surface area contributed by atoms with Gasteiger partial charge >= 0.3 is 0 Å². The van der Waals surface area contributed by atoms with Crippen molar-refractivity contribution in [1.82, 2.24) is 0 Å². The van der Waals surface area contributed by atoms with E-state index < -0.39 is 0 Å². The van der Waals surface area contributed by atoms with E-state index in [1.54, 1.807) is 0 Å². The minimum absolute atomic E-state index is 0.730. The predicted octanol–water partition coefficient (Wildman–Crippen LogP) is 6.56. The topological polar surface area (TPSA) is 52.0 Å². The summed E-state index contributed by atoms with van der Waals surface area (Å²) in [5, 5.41) is 0. The number of hydrogen-bond donors (Lipinski definition) is 2. The van der Waals surface area contributed by atoms with Crippen molar-refractivity contribution in [3.8, 4) is 11.1 Å². The van der Waals surface area contributed by atoms with E-state index in [1.165, 1.54) is 5.56 Å². The molecule has 0 fully saturated rings. The van der Waals surface area contributed by atoms with E-state index in [1.807, 2.05) is 42.5 Å². The molecule has 0 radical (unpaired) electrons. The highest BCUT2D eigenvalue weighted by Crippen LogP contribution is 2.26. The first-order valence-corrected chi connectivity index (χ1v) is 10.4. The summed E-state index contributed by atoms with van der Waals surface area (Å²) in [5.41, 5.74) is 20.7. The lowest BCUT2D eigenvalue weighted by molar-refractivity contribution is 1.27. The maximum Gasteiger partial charge on any atom is 0.0393 e. The summed E-state index contributed by atoms with van der Waals surface area (Å²) in [6.07, 6.45) is 5.15. The second kappa shape index (κ2) is 9.64. The summed E-state index contributed by atoms with van der Waals surface area (Å²) in [6, 6.07) is 37.0. The molecule has 0 saturated heterocycles. The third-order valence-corrected chi connectivity index (χ3v) is 5.23. The molecule has 2 heteroatoms. The van der Waals surface area contributed by atoms with Crippen molar-refractivity contribution in [1.29, 1.82) is 0 Å². The number of allylic oxidation sites excluding steroid dienone is 3. The molecule has 0 atom stereocenters. The third-order valence-electron chi connectivity index (χ3n) is 5.23. The minimum Gasteiger partial charge on any atom is -0.399 e. The molecule has 0 heterocycles.